The third-order valence-electron chi connectivity index (χ3n) is 2.24. The van der Waals surface area contributed by atoms with Gasteiger partial charge in [-0.2, -0.15) is 8.78 Å². The second kappa shape index (κ2) is 8.44. The SMILES string of the molecule is COCCOCOC(=C(F)F)c1ccccc1OC. The number of ether oxygens (including phenoxy) is 4. The Morgan fingerprint density at radius 3 is 2.47 bits per heavy atom. The predicted molar refractivity (Wildman–Crippen MR) is 65.9 cm³/mol. The summed E-state index contributed by atoms with van der Waals surface area (Å²) in [6, 6.07) is 6.37. The van der Waals surface area contributed by atoms with Crippen LogP contribution in [0.1, 0.15) is 5.56 Å². The fraction of sp³-hybridized carbons (Fsp3) is 0.385. The van der Waals surface area contributed by atoms with Crippen LogP contribution in [-0.2, 0) is 14.2 Å². The zero-order valence-electron chi connectivity index (χ0n) is 10.8. The molecule has 0 radical (unpaired) electrons. The quantitative estimate of drug-likeness (QED) is 0.415. The van der Waals surface area contributed by atoms with E-state index in [9.17, 15) is 8.78 Å². The molecule has 0 amide bonds. The number of hydrogen-bond acceptors (Lipinski definition) is 4. The monoisotopic (exact) mass is 274 g/mol. The van der Waals surface area contributed by atoms with Crippen LogP contribution in [0, 0.1) is 0 Å². The number of para-hydroxylation sites is 1. The Hall–Kier alpha value is -1.66. The van der Waals surface area contributed by atoms with Crippen molar-refractivity contribution < 1.29 is 27.7 Å². The molecule has 0 bridgehead atoms. The van der Waals surface area contributed by atoms with Gasteiger partial charge < -0.3 is 18.9 Å². The molecule has 0 aliphatic heterocycles. The lowest BCUT2D eigenvalue weighted by atomic mass is 10.2. The smallest absolute Gasteiger partial charge is 0.312 e. The molecule has 0 aliphatic carbocycles. The van der Waals surface area contributed by atoms with Crippen LogP contribution in [-0.4, -0.2) is 34.2 Å². The van der Waals surface area contributed by atoms with E-state index in [1.54, 1.807) is 18.2 Å². The van der Waals surface area contributed by atoms with Crippen LogP contribution >= 0.6 is 0 Å². The minimum Gasteiger partial charge on any atom is -0.496 e. The largest absolute Gasteiger partial charge is 0.496 e. The molecule has 0 atom stereocenters. The highest BCUT2D eigenvalue weighted by Gasteiger charge is 2.15. The molecule has 1 aromatic rings. The van der Waals surface area contributed by atoms with Gasteiger partial charge in [-0.3, -0.25) is 0 Å². The van der Waals surface area contributed by atoms with E-state index < -0.39 is 11.8 Å². The Morgan fingerprint density at radius 1 is 1.11 bits per heavy atom. The summed E-state index contributed by atoms with van der Waals surface area (Å²) in [6.45, 7) is 0.354. The predicted octanol–water partition coefficient (Wildman–Crippen LogP) is 2.90. The molecule has 0 aliphatic rings. The first-order valence-corrected chi connectivity index (χ1v) is 5.58. The molecular formula is C13H16F2O4. The van der Waals surface area contributed by atoms with Crippen LogP contribution in [0.2, 0.25) is 0 Å². The van der Waals surface area contributed by atoms with Crippen molar-refractivity contribution >= 4 is 5.76 Å². The van der Waals surface area contributed by atoms with Gasteiger partial charge in [0, 0.05) is 7.11 Å². The molecule has 0 fully saturated rings. The van der Waals surface area contributed by atoms with Crippen LogP contribution in [0.25, 0.3) is 5.76 Å². The first-order valence-electron chi connectivity index (χ1n) is 5.58. The van der Waals surface area contributed by atoms with Crippen LogP contribution in [0.5, 0.6) is 5.75 Å². The maximum absolute atomic E-state index is 12.9. The molecule has 19 heavy (non-hydrogen) atoms. The molecule has 6 heteroatoms. The third-order valence-corrected chi connectivity index (χ3v) is 2.24. The zero-order valence-corrected chi connectivity index (χ0v) is 10.8. The first kappa shape index (κ1) is 15.4. The van der Waals surface area contributed by atoms with Crippen molar-refractivity contribution in [2.45, 2.75) is 0 Å². The fourth-order valence-electron chi connectivity index (χ4n) is 1.37. The number of hydrogen-bond donors (Lipinski definition) is 0. The van der Waals surface area contributed by atoms with E-state index in [-0.39, 0.29) is 19.0 Å². The average Bonchev–Trinajstić information content (AvgIpc) is 2.42. The number of rotatable bonds is 8. The summed E-state index contributed by atoms with van der Waals surface area (Å²) in [5, 5.41) is 0. The maximum atomic E-state index is 12.9. The molecule has 106 valence electrons. The van der Waals surface area contributed by atoms with E-state index in [0.717, 1.165) is 0 Å². The molecule has 1 aromatic carbocycles. The van der Waals surface area contributed by atoms with Gasteiger partial charge in [-0.25, -0.2) is 0 Å². The van der Waals surface area contributed by atoms with Crippen molar-refractivity contribution in [2.75, 3.05) is 34.2 Å². The van der Waals surface area contributed by atoms with Crippen molar-refractivity contribution in [3.8, 4) is 5.75 Å². The highest BCUT2D eigenvalue weighted by atomic mass is 19.3. The van der Waals surface area contributed by atoms with E-state index in [1.807, 2.05) is 0 Å². The molecule has 0 spiro atoms. The molecule has 1 rings (SSSR count). The normalized spacial score (nSPS) is 10.1. The van der Waals surface area contributed by atoms with Crippen molar-refractivity contribution in [2.24, 2.45) is 0 Å². The molecular weight excluding hydrogens is 258 g/mol. The van der Waals surface area contributed by atoms with Gasteiger partial charge in [0.15, 0.2) is 12.6 Å². The summed E-state index contributed by atoms with van der Waals surface area (Å²) in [4.78, 5) is 0. The van der Waals surface area contributed by atoms with Crippen LogP contribution in [0.3, 0.4) is 0 Å². The number of halogens is 2. The van der Waals surface area contributed by atoms with Gasteiger partial charge in [0.2, 0.25) is 0 Å². The summed E-state index contributed by atoms with van der Waals surface area (Å²) < 4.78 is 45.5. The Bertz CT molecular complexity index is 417. The van der Waals surface area contributed by atoms with Gasteiger partial charge in [-0.15, -0.1) is 0 Å². The Labute approximate surface area is 110 Å². The number of benzene rings is 1. The van der Waals surface area contributed by atoms with Crippen LogP contribution in [0.15, 0.2) is 30.3 Å². The first-order chi connectivity index (χ1) is 9.20. The molecule has 0 saturated heterocycles. The topological polar surface area (TPSA) is 36.9 Å². The Morgan fingerprint density at radius 2 is 1.84 bits per heavy atom. The van der Waals surface area contributed by atoms with Crippen molar-refractivity contribution in [1.29, 1.82) is 0 Å². The minimum atomic E-state index is -1.93. The summed E-state index contributed by atoms with van der Waals surface area (Å²) in [7, 11) is 2.92. The summed E-state index contributed by atoms with van der Waals surface area (Å²) >= 11 is 0. The average molecular weight is 274 g/mol. The molecule has 0 aromatic heterocycles. The lowest BCUT2D eigenvalue weighted by Gasteiger charge is -2.12. The van der Waals surface area contributed by atoms with Gasteiger partial charge in [-0.05, 0) is 12.1 Å². The standard InChI is InChI=1S/C13H16F2O4/c1-16-7-8-18-9-19-12(13(14)15)10-5-3-4-6-11(10)17-2/h3-6H,7-9H2,1-2H3. The fourth-order valence-corrected chi connectivity index (χ4v) is 1.37. The second-order valence-electron chi connectivity index (χ2n) is 3.45. The zero-order chi connectivity index (χ0) is 14.1. The van der Waals surface area contributed by atoms with Crippen LogP contribution < -0.4 is 4.74 Å². The highest BCUT2D eigenvalue weighted by Crippen LogP contribution is 2.29. The third kappa shape index (κ3) is 4.84. The van der Waals surface area contributed by atoms with E-state index in [1.165, 1.54) is 20.3 Å². The highest BCUT2D eigenvalue weighted by molar-refractivity contribution is 5.66. The maximum Gasteiger partial charge on any atom is 0.312 e. The molecule has 0 saturated carbocycles. The van der Waals surface area contributed by atoms with Crippen molar-refractivity contribution in [3.05, 3.63) is 35.9 Å². The summed E-state index contributed by atoms with van der Waals surface area (Å²) in [6.07, 6.45) is -1.93. The van der Waals surface area contributed by atoms with Gasteiger partial charge in [0.25, 0.3) is 0 Å². The van der Waals surface area contributed by atoms with Crippen molar-refractivity contribution in [1.82, 2.24) is 0 Å². The van der Waals surface area contributed by atoms with Gasteiger partial charge in [0.1, 0.15) is 5.75 Å². The lowest BCUT2D eigenvalue weighted by molar-refractivity contribution is -0.0237. The summed E-state index contributed by atoms with van der Waals surface area (Å²) in [5.74, 6) is -0.239. The van der Waals surface area contributed by atoms with Gasteiger partial charge in [-0.1, -0.05) is 12.1 Å². The van der Waals surface area contributed by atoms with Crippen molar-refractivity contribution in [3.63, 3.8) is 0 Å². The number of methoxy groups -OCH3 is 2. The van der Waals surface area contributed by atoms with E-state index in [4.69, 9.17) is 18.9 Å². The molecule has 0 unspecified atom stereocenters. The molecule has 4 nitrogen and oxygen atoms in total. The Balaban J connectivity index is 2.71. The van der Waals surface area contributed by atoms with E-state index in [0.29, 0.717) is 12.4 Å². The molecule has 0 heterocycles. The van der Waals surface area contributed by atoms with Gasteiger partial charge in [0.05, 0.1) is 25.9 Å². The molecule has 0 N–H and O–H groups in total. The lowest BCUT2D eigenvalue weighted by Crippen LogP contribution is -2.06. The van der Waals surface area contributed by atoms with Crippen LogP contribution in [0.4, 0.5) is 8.78 Å². The van der Waals surface area contributed by atoms with E-state index >= 15 is 0 Å². The minimum absolute atomic E-state index is 0.181. The second-order valence-corrected chi connectivity index (χ2v) is 3.45. The summed E-state index contributed by atoms with van der Waals surface area (Å²) in [5.41, 5.74) is 0.181. The van der Waals surface area contributed by atoms with E-state index in [2.05, 4.69) is 0 Å². The Kier molecular flexibility index (Phi) is 6.84. The van der Waals surface area contributed by atoms with Gasteiger partial charge >= 0.3 is 6.08 Å².